The number of methoxy groups -OCH3 is 1. The molecule has 5 nitrogen and oxygen atoms in total. The van der Waals surface area contributed by atoms with Crippen LogP contribution in [0.3, 0.4) is 0 Å². The zero-order chi connectivity index (χ0) is 19.3. The molecule has 0 aliphatic carbocycles. The molecule has 0 aromatic heterocycles. The summed E-state index contributed by atoms with van der Waals surface area (Å²) in [5.74, 6) is -2.19. The van der Waals surface area contributed by atoms with E-state index in [4.69, 9.17) is 11.6 Å². The van der Waals surface area contributed by atoms with Crippen LogP contribution in [-0.4, -0.2) is 35.5 Å². The predicted octanol–water partition coefficient (Wildman–Crippen LogP) is 3.49. The minimum absolute atomic E-state index is 0.0417. The average molecular weight is 380 g/mol. The van der Waals surface area contributed by atoms with Crippen LogP contribution in [-0.2, 0) is 20.9 Å². The molecule has 0 saturated carbocycles. The van der Waals surface area contributed by atoms with Gasteiger partial charge >= 0.3 is 5.97 Å². The number of amides is 1. The maximum absolute atomic E-state index is 13.5. The van der Waals surface area contributed by atoms with Gasteiger partial charge in [-0.15, -0.1) is 0 Å². The minimum Gasteiger partial charge on any atom is -0.508 e. The van der Waals surface area contributed by atoms with E-state index in [-0.39, 0.29) is 18.8 Å². The molecule has 0 saturated heterocycles. The summed E-state index contributed by atoms with van der Waals surface area (Å²) < 4.78 is 18.1. The van der Waals surface area contributed by atoms with Gasteiger partial charge in [0.2, 0.25) is 5.91 Å². The Balaban J connectivity index is 2.29. The molecule has 2 aromatic rings. The standard InChI is InChI=1S/C19H19ClFNO4/c1-12(13-4-3-5-16(21)9-13)19(25)22(11-18(24)26-2)10-14-8-15(20)6-7-17(14)23/h3-9,12,23H,10-11H2,1-2H3. The molecule has 7 heteroatoms. The summed E-state index contributed by atoms with van der Waals surface area (Å²) in [6.45, 7) is 1.28. The van der Waals surface area contributed by atoms with E-state index in [1.807, 2.05) is 0 Å². The molecule has 1 N–H and O–H groups in total. The number of rotatable bonds is 6. The third-order valence-electron chi connectivity index (χ3n) is 3.98. The van der Waals surface area contributed by atoms with E-state index in [2.05, 4.69) is 4.74 Å². The number of phenols is 1. The highest BCUT2D eigenvalue weighted by atomic mass is 35.5. The first kappa shape index (κ1) is 19.7. The summed E-state index contributed by atoms with van der Waals surface area (Å²) in [6.07, 6.45) is 0. The van der Waals surface area contributed by atoms with Crippen LogP contribution in [0.4, 0.5) is 4.39 Å². The van der Waals surface area contributed by atoms with Crippen molar-refractivity contribution >= 4 is 23.5 Å². The molecular weight excluding hydrogens is 361 g/mol. The Morgan fingerprint density at radius 2 is 2.00 bits per heavy atom. The van der Waals surface area contributed by atoms with E-state index >= 15 is 0 Å². The monoisotopic (exact) mass is 379 g/mol. The summed E-state index contributed by atoms with van der Waals surface area (Å²) in [5, 5.41) is 10.4. The number of aromatic hydroxyl groups is 1. The number of halogens is 2. The fourth-order valence-electron chi connectivity index (χ4n) is 2.51. The van der Waals surface area contributed by atoms with Gasteiger partial charge in [-0.05, 0) is 42.8 Å². The van der Waals surface area contributed by atoms with Crippen LogP contribution >= 0.6 is 11.6 Å². The summed E-state index contributed by atoms with van der Waals surface area (Å²) in [6, 6.07) is 10.2. The largest absolute Gasteiger partial charge is 0.508 e. The van der Waals surface area contributed by atoms with E-state index in [0.29, 0.717) is 16.1 Å². The summed E-state index contributed by atoms with van der Waals surface area (Å²) in [7, 11) is 1.22. The maximum Gasteiger partial charge on any atom is 0.325 e. The van der Waals surface area contributed by atoms with Gasteiger partial charge in [-0.3, -0.25) is 9.59 Å². The third-order valence-corrected chi connectivity index (χ3v) is 4.22. The number of esters is 1. The molecule has 0 radical (unpaired) electrons. The molecule has 0 heterocycles. The third kappa shape index (κ3) is 4.95. The van der Waals surface area contributed by atoms with E-state index in [1.54, 1.807) is 13.0 Å². The topological polar surface area (TPSA) is 66.8 Å². The van der Waals surface area contributed by atoms with Crippen molar-refractivity contribution in [3.05, 3.63) is 64.4 Å². The van der Waals surface area contributed by atoms with Gasteiger partial charge < -0.3 is 14.7 Å². The normalized spacial score (nSPS) is 11.7. The lowest BCUT2D eigenvalue weighted by atomic mass is 9.99. The second-order valence-electron chi connectivity index (χ2n) is 5.82. The van der Waals surface area contributed by atoms with Gasteiger partial charge in [0.25, 0.3) is 0 Å². The first-order valence-corrected chi connectivity index (χ1v) is 8.28. The van der Waals surface area contributed by atoms with Crippen molar-refractivity contribution in [1.82, 2.24) is 4.90 Å². The fraction of sp³-hybridized carbons (Fsp3) is 0.263. The van der Waals surface area contributed by atoms with Gasteiger partial charge in [0.1, 0.15) is 18.1 Å². The van der Waals surface area contributed by atoms with Crippen LogP contribution in [0.15, 0.2) is 42.5 Å². The van der Waals surface area contributed by atoms with Crippen LogP contribution in [0.5, 0.6) is 5.75 Å². The molecule has 1 atom stereocenters. The smallest absolute Gasteiger partial charge is 0.325 e. The lowest BCUT2D eigenvalue weighted by Crippen LogP contribution is -2.38. The lowest BCUT2D eigenvalue weighted by Gasteiger charge is -2.25. The number of ether oxygens (including phenoxy) is 1. The number of carbonyl (C=O) groups excluding carboxylic acids is 2. The van der Waals surface area contributed by atoms with E-state index in [0.717, 1.165) is 0 Å². The highest BCUT2D eigenvalue weighted by Gasteiger charge is 2.25. The Morgan fingerprint density at radius 3 is 2.65 bits per heavy atom. The Hall–Kier alpha value is -2.60. The lowest BCUT2D eigenvalue weighted by molar-refractivity contribution is -0.147. The van der Waals surface area contributed by atoms with Gasteiger partial charge in [0, 0.05) is 17.1 Å². The van der Waals surface area contributed by atoms with Crippen molar-refractivity contribution in [2.45, 2.75) is 19.4 Å². The Morgan fingerprint density at radius 1 is 1.27 bits per heavy atom. The van der Waals surface area contributed by atoms with Crippen LogP contribution in [0.2, 0.25) is 5.02 Å². The Kier molecular flexibility index (Phi) is 6.58. The average Bonchev–Trinajstić information content (AvgIpc) is 2.62. The quantitative estimate of drug-likeness (QED) is 0.780. The summed E-state index contributed by atoms with van der Waals surface area (Å²) in [4.78, 5) is 25.8. The van der Waals surface area contributed by atoms with Crippen molar-refractivity contribution in [1.29, 1.82) is 0 Å². The SMILES string of the molecule is COC(=O)CN(Cc1cc(Cl)ccc1O)C(=O)C(C)c1cccc(F)c1. The van der Waals surface area contributed by atoms with Gasteiger partial charge in [0.05, 0.1) is 13.0 Å². The highest BCUT2D eigenvalue weighted by molar-refractivity contribution is 6.30. The molecule has 26 heavy (non-hydrogen) atoms. The number of hydrogen-bond acceptors (Lipinski definition) is 4. The zero-order valence-corrected chi connectivity index (χ0v) is 15.2. The molecule has 1 amide bonds. The fourth-order valence-corrected chi connectivity index (χ4v) is 2.71. The van der Waals surface area contributed by atoms with E-state index < -0.39 is 23.6 Å². The second-order valence-corrected chi connectivity index (χ2v) is 6.26. The molecule has 0 spiro atoms. The molecule has 2 aromatic carbocycles. The molecule has 1 unspecified atom stereocenters. The Labute approximate surface area is 156 Å². The van der Waals surface area contributed by atoms with Crippen molar-refractivity contribution in [2.75, 3.05) is 13.7 Å². The van der Waals surface area contributed by atoms with Crippen molar-refractivity contribution in [3.63, 3.8) is 0 Å². The predicted molar refractivity (Wildman–Crippen MR) is 95.4 cm³/mol. The van der Waals surface area contributed by atoms with E-state index in [9.17, 15) is 19.1 Å². The van der Waals surface area contributed by atoms with E-state index in [1.165, 1.54) is 48.4 Å². The van der Waals surface area contributed by atoms with Crippen LogP contribution in [0, 0.1) is 5.82 Å². The Bertz CT molecular complexity index is 812. The number of nitrogens with zero attached hydrogens (tertiary/aromatic N) is 1. The first-order chi connectivity index (χ1) is 12.3. The molecule has 0 bridgehead atoms. The van der Waals surface area contributed by atoms with Gasteiger partial charge in [-0.1, -0.05) is 23.7 Å². The van der Waals surface area contributed by atoms with Crippen molar-refractivity contribution < 1.29 is 23.8 Å². The van der Waals surface area contributed by atoms with Crippen molar-refractivity contribution in [2.24, 2.45) is 0 Å². The summed E-state index contributed by atoms with van der Waals surface area (Å²) >= 11 is 5.94. The van der Waals surface area contributed by atoms with Crippen LogP contribution in [0.25, 0.3) is 0 Å². The molecule has 2 rings (SSSR count). The summed E-state index contributed by atoms with van der Waals surface area (Å²) in [5.41, 5.74) is 0.876. The molecule has 0 fully saturated rings. The molecule has 0 aliphatic rings. The number of phenolic OH excluding ortho intramolecular Hbond substituents is 1. The van der Waals surface area contributed by atoms with Gasteiger partial charge in [-0.2, -0.15) is 0 Å². The second kappa shape index (κ2) is 8.67. The first-order valence-electron chi connectivity index (χ1n) is 7.90. The number of carbonyl (C=O) groups is 2. The van der Waals surface area contributed by atoms with Gasteiger partial charge in [0.15, 0.2) is 0 Å². The molecular formula is C19H19ClFNO4. The highest BCUT2D eigenvalue weighted by Crippen LogP contribution is 2.25. The van der Waals surface area contributed by atoms with Crippen LogP contribution in [0.1, 0.15) is 24.0 Å². The zero-order valence-electron chi connectivity index (χ0n) is 14.4. The van der Waals surface area contributed by atoms with Crippen LogP contribution < -0.4 is 0 Å². The minimum atomic E-state index is -0.684. The molecule has 138 valence electrons. The van der Waals surface area contributed by atoms with Crippen molar-refractivity contribution in [3.8, 4) is 5.75 Å². The maximum atomic E-state index is 13.5. The molecule has 0 aliphatic heterocycles. The number of hydrogen-bond donors (Lipinski definition) is 1. The number of benzene rings is 2. The van der Waals surface area contributed by atoms with Gasteiger partial charge in [-0.25, -0.2) is 4.39 Å².